The van der Waals surface area contributed by atoms with Gasteiger partial charge in [-0.3, -0.25) is 4.79 Å². The lowest BCUT2D eigenvalue weighted by atomic mass is 9.79. The molecular formula is C18H20N2O. The topological polar surface area (TPSA) is 46.3 Å². The Balaban J connectivity index is 1.68. The van der Waals surface area contributed by atoms with Gasteiger partial charge in [-0.1, -0.05) is 0 Å². The van der Waals surface area contributed by atoms with Crippen molar-refractivity contribution in [2.24, 2.45) is 5.92 Å². The number of fused-ring (bicyclic) bond motifs is 2. The van der Waals surface area contributed by atoms with Crippen molar-refractivity contribution in [2.75, 3.05) is 17.2 Å². The maximum Gasteiger partial charge on any atom is 0.155 e. The SMILES string of the molecule is Nc1ccc2c(c1)CCN2C1=CC2=CC(=O)CCC2CC1. The second-order valence-corrected chi connectivity index (χ2v) is 6.31. The van der Waals surface area contributed by atoms with Gasteiger partial charge in [0.05, 0.1) is 0 Å². The molecule has 1 heterocycles. The van der Waals surface area contributed by atoms with Gasteiger partial charge in [0.25, 0.3) is 0 Å². The van der Waals surface area contributed by atoms with Crippen LogP contribution in [0.15, 0.2) is 41.6 Å². The molecule has 3 nitrogen and oxygen atoms in total. The predicted octanol–water partition coefficient (Wildman–Crippen LogP) is 3.21. The summed E-state index contributed by atoms with van der Waals surface area (Å²) in [5.41, 5.74) is 12.0. The zero-order valence-corrected chi connectivity index (χ0v) is 12.1. The first-order valence-corrected chi connectivity index (χ1v) is 7.81. The standard InChI is InChI=1S/C18H20N2O/c19-15-3-6-18-13(9-15)7-8-20(18)16-4-1-12-2-5-17(21)11-14(12)10-16/h3,6,9-12H,1-2,4-5,7-8,19H2. The van der Waals surface area contributed by atoms with Crippen LogP contribution in [0.2, 0.25) is 0 Å². The Bertz CT molecular complexity index is 672. The van der Waals surface area contributed by atoms with Crippen molar-refractivity contribution < 1.29 is 4.79 Å². The number of nitrogens with zero attached hydrogens (tertiary/aromatic N) is 1. The van der Waals surface area contributed by atoms with Crippen molar-refractivity contribution in [3.63, 3.8) is 0 Å². The molecule has 0 bridgehead atoms. The number of carbonyl (C=O) groups is 1. The van der Waals surface area contributed by atoms with Crippen molar-refractivity contribution in [1.82, 2.24) is 0 Å². The Kier molecular flexibility index (Phi) is 2.88. The molecule has 108 valence electrons. The van der Waals surface area contributed by atoms with Crippen molar-refractivity contribution in [2.45, 2.75) is 32.1 Å². The number of benzene rings is 1. The van der Waals surface area contributed by atoms with E-state index in [2.05, 4.69) is 23.1 Å². The first kappa shape index (κ1) is 12.7. The van der Waals surface area contributed by atoms with E-state index < -0.39 is 0 Å². The number of ketones is 1. The second kappa shape index (κ2) is 4.76. The molecule has 2 N–H and O–H groups in total. The molecule has 0 amide bonds. The minimum absolute atomic E-state index is 0.286. The second-order valence-electron chi connectivity index (χ2n) is 6.31. The third-order valence-electron chi connectivity index (χ3n) is 4.97. The monoisotopic (exact) mass is 280 g/mol. The van der Waals surface area contributed by atoms with Gasteiger partial charge in [0, 0.05) is 30.0 Å². The largest absolute Gasteiger partial charge is 0.399 e. The van der Waals surface area contributed by atoms with Crippen molar-refractivity contribution in [3.8, 4) is 0 Å². The molecule has 3 aliphatic rings. The molecule has 1 aliphatic heterocycles. The third-order valence-corrected chi connectivity index (χ3v) is 4.97. The van der Waals surface area contributed by atoms with Crippen molar-refractivity contribution in [3.05, 3.63) is 47.2 Å². The van der Waals surface area contributed by atoms with Crippen LogP contribution >= 0.6 is 0 Å². The molecule has 0 spiro atoms. The molecule has 1 atom stereocenters. The Morgan fingerprint density at radius 3 is 2.86 bits per heavy atom. The van der Waals surface area contributed by atoms with Gasteiger partial charge in [0.1, 0.15) is 0 Å². The summed E-state index contributed by atoms with van der Waals surface area (Å²) in [5, 5.41) is 0. The highest BCUT2D eigenvalue weighted by Crippen LogP contribution is 2.40. The van der Waals surface area contributed by atoms with E-state index in [1.54, 1.807) is 0 Å². The van der Waals surface area contributed by atoms with Gasteiger partial charge in [0.2, 0.25) is 0 Å². The summed E-state index contributed by atoms with van der Waals surface area (Å²) >= 11 is 0. The number of anilines is 2. The summed E-state index contributed by atoms with van der Waals surface area (Å²) in [7, 11) is 0. The van der Waals surface area contributed by atoms with E-state index in [0.29, 0.717) is 5.92 Å². The fraction of sp³-hybridized carbons (Fsp3) is 0.389. The number of carbonyl (C=O) groups excluding carboxylic acids is 1. The van der Waals surface area contributed by atoms with Crippen LogP contribution in [-0.4, -0.2) is 12.3 Å². The van der Waals surface area contributed by atoms with Crippen LogP contribution in [0.25, 0.3) is 0 Å². The average Bonchev–Trinajstić information content (AvgIpc) is 2.89. The Labute approximate surface area is 125 Å². The van der Waals surface area contributed by atoms with Gasteiger partial charge in [-0.15, -0.1) is 0 Å². The maximum atomic E-state index is 11.6. The summed E-state index contributed by atoms with van der Waals surface area (Å²) < 4.78 is 0. The molecule has 21 heavy (non-hydrogen) atoms. The quantitative estimate of drug-likeness (QED) is 0.803. The number of hydrogen-bond donors (Lipinski definition) is 1. The molecular weight excluding hydrogens is 260 g/mol. The average molecular weight is 280 g/mol. The van der Waals surface area contributed by atoms with Crippen molar-refractivity contribution in [1.29, 1.82) is 0 Å². The fourth-order valence-electron chi connectivity index (χ4n) is 3.85. The lowest BCUT2D eigenvalue weighted by Gasteiger charge is -2.32. The highest BCUT2D eigenvalue weighted by Gasteiger charge is 2.28. The minimum atomic E-state index is 0.286. The highest BCUT2D eigenvalue weighted by atomic mass is 16.1. The molecule has 2 aliphatic carbocycles. The lowest BCUT2D eigenvalue weighted by Crippen LogP contribution is -2.25. The van der Waals surface area contributed by atoms with Crippen LogP contribution in [0.4, 0.5) is 11.4 Å². The van der Waals surface area contributed by atoms with Crippen LogP contribution in [0.3, 0.4) is 0 Å². The first-order valence-electron chi connectivity index (χ1n) is 7.81. The summed E-state index contributed by atoms with van der Waals surface area (Å²) in [6.07, 6.45) is 9.22. The molecule has 1 aromatic rings. The van der Waals surface area contributed by atoms with Crippen LogP contribution in [-0.2, 0) is 11.2 Å². The van der Waals surface area contributed by atoms with E-state index in [4.69, 9.17) is 5.73 Å². The molecule has 0 saturated heterocycles. The van der Waals surface area contributed by atoms with Crippen LogP contribution in [0.5, 0.6) is 0 Å². The fourth-order valence-corrected chi connectivity index (χ4v) is 3.85. The number of allylic oxidation sites excluding steroid dienone is 4. The van der Waals surface area contributed by atoms with E-state index in [1.165, 1.54) is 28.9 Å². The zero-order chi connectivity index (χ0) is 14.4. The van der Waals surface area contributed by atoms with E-state index in [-0.39, 0.29) is 5.78 Å². The smallest absolute Gasteiger partial charge is 0.155 e. The Morgan fingerprint density at radius 2 is 1.95 bits per heavy atom. The van der Waals surface area contributed by atoms with E-state index in [1.807, 2.05) is 12.1 Å². The van der Waals surface area contributed by atoms with Crippen LogP contribution in [0.1, 0.15) is 31.2 Å². The molecule has 0 aromatic heterocycles. The number of nitrogens with two attached hydrogens (primary N) is 1. The van der Waals surface area contributed by atoms with E-state index >= 15 is 0 Å². The minimum Gasteiger partial charge on any atom is -0.399 e. The molecule has 3 heteroatoms. The predicted molar refractivity (Wildman–Crippen MR) is 85.0 cm³/mol. The van der Waals surface area contributed by atoms with Crippen molar-refractivity contribution >= 4 is 17.2 Å². The molecule has 1 unspecified atom stereocenters. The number of rotatable bonds is 1. The van der Waals surface area contributed by atoms with Gasteiger partial charge in [-0.2, -0.15) is 0 Å². The van der Waals surface area contributed by atoms with Crippen LogP contribution in [0, 0.1) is 5.92 Å². The molecule has 0 saturated carbocycles. The summed E-state index contributed by atoms with van der Waals surface area (Å²) in [5.74, 6) is 0.883. The van der Waals surface area contributed by atoms with Gasteiger partial charge in [0.15, 0.2) is 5.78 Å². The molecule has 0 radical (unpaired) electrons. The Hall–Kier alpha value is -2.03. The maximum absolute atomic E-state index is 11.6. The normalized spacial score (nSPS) is 24.3. The number of nitrogen functional groups attached to an aromatic ring is 1. The van der Waals surface area contributed by atoms with Gasteiger partial charge in [-0.05, 0) is 73.1 Å². The highest BCUT2D eigenvalue weighted by molar-refractivity contribution is 5.92. The van der Waals surface area contributed by atoms with Gasteiger partial charge >= 0.3 is 0 Å². The van der Waals surface area contributed by atoms with Crippen LogP contribution < -0.4 is 10.6 Å². The third kappa shape index (κ3) is 2.17. The molecule has 1 aromatic carbocycles. The number of hydrogen-bond acceptors (Lipinski definition) is 3. The zero-order valence-electron chi connectivity index (χ0n) is 12.1. The van der Waals surface area contributed by atoms with Gasteiger partial charge < -0.3 is 10.6 Å². The lowest BCUT2D eigenvalue weighted by molar-refractivity contribution is -0.115. The summed E-state index contributed by atoms with van der Waals surface area (Å²) in [6, 6.07) is 6.20. The molecule has 0 fully saturated rings. The summed E-state index contributed by atoms with van der Waals surface area (Å²) in [6.45, 7) is 1.02. The van der Waals surface area contributed by atoms with E-state index in [9.17, 15) is 4.79 Å². The Morgan fingerprint density at radius 1 is 1.10 bits per heavy atom. The van der Waals surface area contributed by atoms with E-state index in [0.717, 1.165) is 37.9 Å². The molecule has 4 rings (SSSR count). The first-order chi connectivity index (χ1) is 10.2. The summed E-state index contributed by atoms with van der Waals surface area (Å²) in [4.78, 5) is 14.1. The van der Waals surface area contributed by atoms with Gasteiger partial charge in [-0.25, -0.2) is 0 Å².